The second-order valence-corrected chi connectivity index (χ2v) is 5.21. The van der Waals surface area contributed by atoms with Gasteiger partial charge in [0.1, 0.15) is 12.3 Å². The minimum Gasteiger partial charge on any atom is -0.342 e. The number of nitrogens with one attached hydrogen (secondary N) is 1. The maximum atomic E-state index is 14.1. The quantitative estimate of drug-likeness (QED) is 0.864. The standard InChI is InChI=1S/C13H13BrFN3O/c14-7-11(19)12-16-13-9(15)6-10(18(13)17-12)8-4-2-1-3-5-8/h1-5,9-10,13H,6-7H2,(H,16,17)/t9-,10-,13?/m0/s1. The Hall–Kier alpha value is -1.43. The van der Waals surface area contributed by atoms with Crippen molar-refractivity contribution in [2.75, 3.05) is 5.33 Å². The summed E-state index contributed by atoms with van der Waals surface area (Å²) in [5.41, 5.74) is 1.02. The molecule has 1 N–H and O–H groups in total. The van der Waals surface area contributed by atoms with Crippen molar-refractivity contribution >= 4 is 27.5 Å². The number of Topliss-reactive ketones (excluding diaryl/α,β-unsaturated/α-hetero) is 1. The fourth-order valence-corrected chi connectivity index (χ4v) is 2.81. The van der Waals surface area contributed by atoms with Crippen LogP contribution < -0.4 is 5.32 Å². The minimum absolute atomic E-state index is 0.116. The molecule has 100 valence electrons. The molecule has 2 aliphatic heterocycles. The van der Waals surface area contributed by atoms with E-state index in [1.54, 1.807) is 5.01 Å². The molecule has 1 fully saturated rings. The van der Waals surface area contributed by atoms with Gasteiger partial charge in [0.25, 0.3) is 0 Å². The highest BCUT2D eigenvalue weighted by Gasteiger charge is 2.46. The van der Waals surface area contributed by atoms with Gasteiger partial charge in [0.2, 0.25) is 5.78 Å². The van der Waals surface area contributed by atoms with Gasteiger partial charge in [-0.3, -0.25) is 9.80 Å². The number of carbonyl (C=O) groups is 1. The Morgan fingerprint density at radius 1 is 1.47 bits per heavy atom. The van der Waals surface area contributed by atoms with Gasteiger partial charge in [0.15, 0.2) is 5.84 Å². The third-order valence-electron chi connectivity index (χ3n) is 3.47. The summed E-state index contributed by atoms with van der Waals surface area (Å²) in [5.74, 6) is 0.0820. The lowest BCUT2D eigenvalue weighted by Crippen LogP contribution is -2.41. The summed E-state index contributed by atoms with van der Waals surface area (Å²) in [7, 11) is 0. The van der Waals surface area contributed by atoms with E-state index in [2.05, 4.69) is 26.3 Å². The molecule has 0 amide bonds. The molecular formula is C13H13BrFN3O. The molecule has 4 nitrogen and oxygen atoms in total. The first kappa shape index (κ1) is 12.6. The van der Waals surface area contributed by atoms with Gasteiger partial charge < -0.3 is 5.32 Å². The van der Waals surface area contributed by atoms with Gasteiger partial charge in [0.05, 0.1) is 11.4 Å². The molecule has 1 saturated heterocycles. The highest BCUT2D eigenvalue weighted by atomic mass is 79.9. The van der Waals surface area contributed by atoms with Crippen molar-refractivity contribution in [1.82, 2.24) is 10.3 Å². The van der Waals surface area contributed by atoms with Crippen molar-refractivity contribution in [3.63, 3.8) is 0 Å². The van der Waals surface area contributed by atoms with Gasteiger partial charge in [-0.25, -0.2) is 4.39 Å². The van der Waals surface area contributed by atoms with Crippen LogP contribution in [0.4, 0.5) is 4.39 Å². The van der Waals surface area contributed by atoms with Crippen LogP contribution in [-0.2, 0) is 4.79 Å². The summed E-state index contributed by atoms with van der Waals surface area (Å²) in [4.78, 5) is 11.6. The van der Waals surface area contributed by atoms with E-state index in [9.17, 15) is 9.18 Å². The van der Waals surface area contributed by atoms with Crippen molar-refractivity contribution in [2.24, 2.45) is 5.10 Å². The van der Waals surface area contributed by atoms with Crippen LogP contribution in [0, 0.1) is 0 Å². The van der Waals surface area contributed by atoms with Crippen molar-refractivity contribution in [1.29, 1.82) is 0 Å². The zero-order valence-corrected chi connectivity index (χ0v) is 11.7. The van der Waals surface area contributed by atoms with Crippen molar-refractivity contribution in [3.8, 4) is 0 Å². The van der Waals surface area contributed by atoms with Crippen LogP contribution in [-0.4, -0.2) is 34.3 Å². The number of ketones is 1. The molecule has 0 aromatic heterocycles. The molecule has 6 heteroatoms. The molecule has 2 heterocycles. The topological polar surface area (TPSA) is 44.7 Å². The summed E-state index contributed by atoms with van der Waals surface area (Å²) < 4.78 is 14.1. The largest absolute Gasteiger partial charge is 0.342 e. The molecule has 3 rings (SSSR count). The van der Waals surface area contributed by atoms with E-state index in [0.717, 1.165) is 5.56 Å². The van der Waals surface area contributed by atoms with Gasteiger partial charge >= 0.3 is 0 Å². The zero-order valence-electron chi connectivity index (χ0n) is 10.1. The molecule has 1 aromatic carbocycles. The number of halogens is 2. The van der Waals surface area contributed by atoms with Crippen LogP contribution >= 0.6 is 15.9 Å². The number of hydrogen-bond acceptors (Lipinski definition) is 4. The Bertz CT molecular complexity index is 522. The van der Waals surface area contributed by atoms with E-state index in [4.69, 9.17) is 0 Å². The molecule has 2 aliphatic rings. The van der Waals surface area contributed by atoms with Crippen LogP contribution in [0.3, 0.4) is 0 Å². The van der Waals surface area contributed by atoms with E-state index >= 15 is 0 Å². The van der Waals surface area contributed by atoms with Crippen molar-refractivity contribution in [3.05, 3.63) is 35.9 Å². The molecule has 0 saturated carbocycles. The lowest BCUT2D eigenvalue weighted by Gasteiger charge is -2.21. The number of hydrazone groups is 1. The van der Waals surface area contributed by atoms with E-state index < -0.39 is 12.3 Å². The molecule has 0 spiro atoms. The third kappa shape index (κ3) is 2.14. The number of rotatable bonds is 3. The van der Waals surface area contributed by atoms with E-state index in [0.29, 0.717) is 6.42 Å². The summed E-state index contributed by atoms with van der Waals surface area (Å²) >= 11 is 3.10. The van der Waals surface area contributed by atoms with Crippen LogP contribution in [0.25, 0.3) is 0 Å². The Balaban J connectivity index is 1.89. The highest BCUT2D eigenvalue weighted by Crippen LogP contribution is 2.39. The van der Waals surface area contributed by atoms with E-state index in [1.165, 1.54) is 0 Å². The second-order valence-electron chi connectivity index (χ2n) is 4.65. The number of benzene rings is 1. The number of fused-ring (bicyclic) bond motifs is 1. The first-order chi connectivity index (χ1) is 9.20. The zero-order chi connectivity index (χ0) is 13.4. The third-order valence-corrected chi connectivity index (χ3v) is 3.97. The van der Waals surface area contributed by atoms with Gasteiger partial charge in [-0.2, -0.15) is 5.10 Å². The average molecular weight is 326 g/mol. The number of hydrogen-bond donors (Lipinski definition) is 1. The molecule has 19 heavy (non-hydrogen) atoms. The Morgan fingerprint density at radius 2 is 2.21 bits per heavy atom. The van der Waals surface area contributed by atoms with Crippen LogP contribution in [0.5, 0.6) is 0 Å². The molecule has 1 aromatic rings. The van der Waals surface area contributed by atoms with Crippen molar-refractivity contribution < 1.29 is 9.18 Å². The van der Waals surface area contributed by atoms with Crippen LogP contribution in [0.1, 0.15) is 18.0 Å². The first-order valence-electron chi connectivity index (χ1n) is 6.12. The summed E-state index contributed by atoms with van der Waals surface area (Å²) in [6, 6.07) is 9.57. The number of amidine groups is 1. The van der Waals surface area contributed by atoms with E-state index in [-0.39, 0.29) is 23.0 Å². The first-order valence-corrected chi connectivity index (χ1v) is 7.24. The molecule has 0 radical (unpaired) electrons. The lowest BCUT2D eigenvalue weighted by molar-refractivity contribution is -0.110. The van der Waals surface area contributed by atoms with Gasteiger partial charge in [0, 0.05) is 6.42 Å². The lowest BCUT2D eigenvalue weighted by atomic mass is 10.0. The van der Waals surface area contributed by atoms with Crippen LogP contribution in [0.2, 0.25) is 0 Å². The fourth-order valence-electron chi connectivity index (χ4n) is 2.55. The summed E-state index contributed by atoms with van der Waals surface area (Å²) in [6.07, 6.45) is -1.17. The van der Waals surface area contributed by atoms with E-state index in [1.807, 2.05) is 30.3 Å². The molecule has 0 bridgehead atoms. The smallest absolute Gasteiger partial charge is 0.210 e. The molecular weight excluding hydrogens is 313 g/mol. The predicted molar refractivity (Wildman–Crippen MR) is 73.7 cm³/mol. The van der Waals surface area contributed by atoms with Crippen molar-refractivity contribution in [2.45, 2.75) is 24.8 Å². The Kier molecular flexibility index (Phi) is 3.26. The molecule has 0 aliphatic carbocycles. The SMILES string of the molecule is O=C(CBr)C1=NN2C(N1)[C@@H](F)C[C@H]2c1ccccc1. The maximum absolute atomic E-state index is 14.1. The molecule has 1 unspecified atom stereocenters. The number of alkyl halides is 2. The minimum atomic E-state index is -1.03. The van der Waals surface area contributed by atoms with Gasteiger partial charge in [-0.1, -0.05) is 46.3 Å². The maximum Gasteiger partial charge on any atom is 0.210 e. The van der Waals surface area contributed by atoms with Gasteiger partial charge in [-0.05, 0) is 5.56 Å². The molecule has 3 atom stereocenters. The van der Waals surface area contributed by atoms with Crippen LogP contribution in [0.15, 0.2) is 35.4 Å². The Morgan fingerprint density at radius 3 is 2.89 bits per heavy atom. The van der Waals surface area contributed by atoms with Gasteiger partial charge in [-0.15, -0.1) is 0 Å². The predicted octanol–water partition coefficient (Wildman–Crippen LogP) is 1.98. The highest BCUT2D eigenvalue weighted by molar-refractivity contribution is 9.09. The average Bonchev–Trinajstić information content (AvgIpc) is 3.00. The summed E-state index contributed by atoms with van der Waals surface area (Å²) in [6.45, 7) is 0. The fraction of sp³-hybridized carbons (Fsp3) is 0.385. The second kappa shape index (κ2) is 4.92. The summed E-state index contributed by atoms with van der Waals surface area (Å²) in [5, 5.41) is 8.99. The Labute approximate surface area is 118 Å². The monoisotopic (exact) mass is 325 g/mol. The normalized spacial score (nSPS) is 28.8. The number of carbonyl (C=O) groups excluding carboxylic acids is 1. The number of nitrogens with zero attached hydrogens (tertiary/aromatic N) is 2.